The van der Waals surface area contributed by atoms with Crippen molar-refractivity contribution in [1.82, 2.24) is 0 Å². The SMILES string of the molecule is Cc1cc(C(N)C2CCCO2)ccc1F. The summed E-state index contributed by atoms with van der Waals surface area (Å²) in [5, 5.41) is 0. The average molecular weight is 209 g/mol. The number of hydrogen-bond donors (Lipinski definition) is 1. The second-order valence-electron chi connectivity index (χ2n) is 4.09. The normalized spacial score (nSPS) is 23.0. The third-order valence-corrected chi connectivity index (χ3v) is 2.93. The smallest absolute Gasteiger partial charge is 0.126 e. The first-order chi connectivity index (χ1) is 7.18. The largest absolute Gasteiger partial charge is 0.376 e. The van der Waals surface area contributed by atoms with Gasteiger partial charge in [0.15, 0.2) is 0 Å². The van der Waals surface area contributed by atoms with Crippen LogP contribution in [0.4, 0.5) is 4.39 Å². The Morgan fingerprint density at radius 1 is 1.53 bits per heavy atom. The zero-order valence-corrected chi connectivity index (χ0v) is 8.87. The molecule has 2 nitrogen and oxygen atoms in total. The Morgan fingerprint density at radius 3 is 2.93 bits per heavy atom. The molecule has 15 heavy (non-hydrogen) atoms. The van der Waals surface area contributed by atoms with Crippen LogP contribution in [0.5, 0.6) is 0 Å². The highest BCUT2D eigenvalue weighted by Gasteiger charge is 2.24. The highest BCUT2D eigenvalue weighted by atomic mass is 19.1. The van der Waals surface area contributed by atoms with Gasteiger partial charge in [-0.3, -0.25) is 0 Å². The molecular weight excluding hydrogens is 193 g/mol. The molecular formula is C12H16FNO. The van der Waals surface area contributed by atoms with Gasteiger partial charge in [-0.2, -0.15) is 0 Å². The number of hydrogen-bond acceptors (Lipinski definition) is 2. The van der Waals surface area contributed by atoms with E-state index in [1.54, 1.807) is 13.0 Å². The number of nitrogens with two attached hydrogens (primary N) is 1. The number of aryl methyl sites for hydroxylation is 1. The van der Waals surface area contributed by atoms with E-state index < -0.39 is 0 Å². The molecule has 0 bridgehead atoms. The first-order valence-corrected chi connectivity index (χ1v) is 5.31. The van der Waals surface area contributed by atoms with Crippen LogP contribution in [0.3, 0.4) is 0 Å². The molecule has 2 unspecified atom stereocenters. The lowest BCUT2D eigenvalue weighted by molar-refractivity contribution is 0.0900. The van der Waals surface area contributed by atoms with Crippen molar-refractivity contribution in [3.8, 4) is 0 Å². The Hall–Kier alpha value is -0.930. The standard InChI is InChI=1S/C12H16FNO/c1-8-7-9(4-5-10(8)13)12(14)11-3-2-6-15-11/h4-5,7,11-12H,2-3,6,14H2,1H3. The van der Waals surface area contributed by atoms with Crippen molar-refractivity contribution in [2.75, 3.05) is 6.61 Å². The molecule has 2 rings (SSSR count). The van der Waals surface area contributed by atoms with Gasteiger partial charge in [0.1, 0.15) is 5.82 Å². The fourth-order valence-corrected chi connectivity index (χ4v) is 1.98. The van der Waals surface area contributed by atoms with E-state index in [2.05, 4.69) is 0 Å². The molecule has 1 saturated heterocycles. The summed E-state index contributed by atoms with van der Waals surface area (Å²) in [7, 11) is 0. The molecule has 1 aromatic carbocycles. The Balaban J connectivity index is 2.17. The minimum atomic E-state index is -0.182. The summed E-state index contributed by atoms with van der Waals surface area (Å²) >= 11 is 0. The van der Waals surface area contributed by atoms with Crippen LogP contribution in [0.25, 0.3) is 0 Å². The van der Waals surface area contributed by atoms with Crippen molar-refractivity contribution < 1.29 is 9.13 Å². The van der Waals surface area contributed by atoms with Crippen LogP contribution in [0, 0.1) is 12.7 Å². The van der Waals surface area contributed by atoms with Crippen LogP contribution in [-0.4, -0.2) is 12.7 Å². The second-order valence-corrected chi connectivity index (χ2v) is 4.09. The van der Waals surface area contributed by atoms with E-state index >= 15 is 0 Å². The van der Waals surface area contributed by atoms with Crippen molar-refractivity contribution in [1.29, 1.82) is 0 Å². The summed E-state index contributed by atoms with van der Waals surface area (Å²) in [4.78, 5) is 0. The predicted molar refractivity (Wildman–Crippen MR) is 57.0 cm³/mol. The maximum atomic E-state index is 13.1. The quantitative estimate of drug-likeness (QED) is 0.811. The average Bonchev–Trinajstić information content (AvgIpc) is 2.74. The molecule has 3 heteroatoms. The van der Waals surface area contributed by atoms with E-state index in [4.69, 9.17) is 10.5 Å². The van der Waals surface area contributed by atoms with Gasteiger partial charge in [-0.25, -0.2) is 4.39 Å². The zero-order valence-electron chi connectivity index (χ0n) is 8.87. The lowest BCUT2D eigenvalue weighted by atomic mass is 9.99. The van der Waals surface area contributed by atoms with Crippen LogP contribution >= 0.6 is 0 Å². The molecule has 0 aromatic heterocycles. The predicted octanol–water partition coefficient (Wildman–Crippen LogP) is 2.31. The van der Waals surface area contributed by atoms with Gasteiger partial charge >= 0.3 is 0 Å². The molecule has 1 aliphatic heterocycles. The zero-order chi connectivity index (χ0) is 10.8. The van der Waals surface area contributed by atoms with Gasteiger partial charge in [0.05, 0.1) is 12.1 Å². The molecule has 0 amide bonds. The van der Waals surface area contributed by atoms with Gasteiger partial charge in [0.2, 0.25) is 0 Å². The Labute approximate surface area is 89.2 Å². The highest BCUT2D eigenvalue weighted by molar-refractivity contribution is 5.27. The third-order valence-electron chi connectivity index (χ3n) is 2.93. The molecule has 1 aromatic rings. The fraction of sp³-hybridized carbons (Fsp3) is 0.500. The van der Waals surface area contributed by atoms with Crippen LogP contribution in [-0.2, 0) is 4.74 Å². The van der Waals surface area contributed by atoms with Crippen LogP contribution < -0.4 is 5.73 Å². The molecule has 1 fully saturated rings. The number of benzene rings is 1. The molecule has 1 aliphatic rings. The van der Waals surface area contributed by atoms with Crippen molar-refractivity contribution in [3.63, 3.8) is 0 Å². The Kier molecular flexibility index (Phi) is 3.03. The number of rotatable bonds is 2. The van der Waals surface area contributed by atoms with E-state index in [0.717, 1.165) is 25.0 Å². The first-order valence-electron chi connectivity index (χ1n) is 5.31. The van der Waals surface area contributed by atoms with E-state index in [-0.39, 0.29) is 18.0 Å². The van der Waals surface area contributed by atoms with Gasteiger partial charge in [-0.05, 0) is 37.0 Å². The minimum absolute atomic E-state index is 0.0925. The lowest BCUT2D eigenvalue weighted by Gasteiger charge is -2.19. The Morgan fingerprint density at radius 2 is 2.33 bits per heavy atom. The molecule has 0 aliphatic carbocycles. The molecule has 1 heterocycles. The monoisotopic (exact) mass is 209 g/mol. The number of ether oxygens (including phenoxy) is 1. The van der Waals surface area contributed by atoms with Crippen LogP contribution in [0.2, 0.25) is 0 Å². The maximum absolute atomic E-state index is 13.1. The second kappa shape index (κ2) is 4.29. The van der Waals surface area contributed by atoms with E-state index in [1.807, 2.05) is 6.07 Å². The van der Waals surface area contributed by atoms with E-state index in [0.29, 0.717) is 5.56 Å². The lowest BCUT2D eigenvalue weighted by Crippen LogP contribution is -2.25. The van der Waals surface area contributed by atoms with Crippen molar-refractivity contribution in [2.24, 2.45) is 5.73 Å². The minimum Gasteiger partial charge on any atom is -0.376 e. The van der Waals surface area contributed by atoms with Crippen molar-refractivity contribution >= 4 is 0 Å². The summed E-state index contributed by atoms with van der Waals surface area (Å²) in [5.41, 5.74) is 7.67. The maximum Gasteiger partial charge on any atom is 0.126 e. The summed E-state index contributed by atoms with van der Waals surface area (Å²) in [6.07, 6.45) is 2.16. The summed E-state index contributed by atoms with van der Waals surface area (Å²) < 4.78 is 18.6. The molecule has 0 radical (unpaired) electrons. The highest BCUT2D eigenvalue weighted by Crippen LogP contribution is 2.25. The number of halogens is 1. The fourth-order valence-electron chi connectivity index (χ4n) is 1.98. The summed E-state index contributed by atoms with van der Waals surface area (Å²) in [6.45, 7) is 2.54. The molecule has 0 spiro atoms. The van der Waals surface area contributed by atoms with Gasteiger partial charge in [0, 0.05) is 6.61 Å². The summed E-state index contributed by atoms with van der Waals surface area (Å²) in [6, 6.07) is 4.89. The Bertz CT molecular complexity index is 347. The van der Waals surface area contributed by atoms with Gasteiger partial charge in [0.25, 0.3) is 0 Å². The molecule has 0 saturated carbocycles. The topological polar surface area (TPSA) is 35.2 Å². The van der Waals surface area contributed by atoms with E-state index in [9.17, 15) is 4.39 Å². The van der Waals surface area contributed by atoms with Gasteiger partial charge < -0.3 is 10.5 Å². The first kappa shape index (κ1) is 10.6. The van der Waals surface area contributed by atoms with Gasteiger partial charge in [-0.1, -0.05) is 12.1 Å². The summed E-state index contributed by atoms with van der Waals surface area (Å²) in [5.74, 6) is -0.182. The molecule has 2 N–H and O–H groups in total. The van der Waals surface area contributed by atoms with Crippen molar-refractivity contribution in [2.45, 2.75) is 31.9 Å². The molecule has 2 atom stereocenters. The van der Waals surface area contributed by atoms with E-state index in [1.165, 1.54) is 6.07 Å². The van der Waals surface area contributed by atoms with Crippen molar-refractivity contribution in [3.05, 3.63) is 35.1 Å². The molecule has 82 valence electrons. The van der Waals surface area contributed by atoms with Crippen LogP contribution in [0.15, 0.2) is 18.2 Å². The van der Waals surface area contributed by atoms with Gasteiger partial charge in [-0.15, -0.1) is 0 Å². The third kappa shape index (κ3) is 2.19. The van der Waals surface area contributed by atoms with Crippen LogP contribution in [0.1, 0.15) is 30.0 Å².